The highest BCUT2D eigenvalue weighted by Gasteiger charge is 2.33. The summed E-state index contributed by atoms with van der Waals surface area (Å²) in [5, 5.41) is 0. The van der Waals surface area contributed by atoms with Gasteiger partial charge in [0.05, 0.1) is 39.6 Å². The second-order valence-corrected chi connectivity index (χ2v) is 5.50. The van der Waals surface area contributed by atoms with Gasteiger partial charge in [-0.05, 0) is 45.2 Å². The number of hydrogen-bond donors (Lipinski definition) is 0. The minimum Gasteiger partial charge on any atom is -0.465 e. The van der Waals surface area contributed by atoms with Crippen LogP contribution in [0.1, 0.15) is 0 Å². The van der Waals surface area contributed by atoms with E-state index in [1.54, 1.807) is 0 Å². The van der Waals surface area contributed by atoms with E-state index < -0.39 is 35.0 Å². The second kappa shape index (κ2) is 9.76. The third-order valence-corrected chi connectivity index (χ3v) is 4.16. The lowest BCUT2D eigenvalue weighted by Crippen LogP contribution is -2.21. The third kappa shape index (κ3) is 4.93. The van der Waals surface area contributed by atoms with Gasteiger partial charge in [-0.2, -0.15) is 0 Å². The van der Waals surface area contributed by atoms with Crippen LogP contribution in [0.3, 0.4) is 0 Å². The highest BCUT2D eigenvalue weighted by molar-refractivity contribution is 14.1. The Balaban J connectivity index is 6.60. The molecule has 0 saturated heterocycles. The van der Waals surface area contributed by atoms with E-state index in [4.69, 9.17) is 0 Å². The number of ether oxygens (including phenoxy) is 4. The molecule has 0 amide bonds. The highest BCUT2D eigenvalue weighted by Crippen LogP contribution is 2.29. The maximum absolute atomic E-state index is 12.0. The first-order valence-electron chi connectivity index (χ1n) is 5.39. The van der Waals surface area contributed by atoms with E-state index in [2.05, 4.69) is 18.9 Å². The van der Waals surface area contributed by atoms with E-state index in [-0.39, 0.29) is 7.16 Å². The van der Waals surface area contributed by atoms with E-state index >= 15 is 0 Å². The van der Waals surface area contributed by atoms with Gasteiger partial charge < -0.3 is 18.9 Å². The molecule has 0 spiro atoms. The van der Waals surface area contributed by atoms with Gasteiger partial charge in [0.15, 0.2) is 0 Å². The van der Waals surface area contributed by atoms with Gasteiger partial charge in [0, 0.05) is 0 Å². The summed E-state index contributed by atoms with van der Waals surface area (Å²) in [6, 6.07) is 0. The van der Waals surface area contributed by atoms with Gasteiger partial charge in [0.1, 0.15) is 7.16 Å². The topological polar surface area (TPSA) is 105 Å². The summed E-state index contributed by atoms with van der Waals surface area (Å²) in [6.07, 6.45) is 0. The van der Waals surface area contributed by atoms with Crippen molar-refractivity contribution >= 4 is 69.1 Å². The predicted octanol–water partition coefficient (Wildman–Crippen LogP) is 1.06. The number of carbonyl (C=O) groups excluding carboxylic acids is 4. The van der Waals surface area contributed by atoms with Crippen molar-refractivity contribution in [3.8, 4) is 0 Å². The van der Waals surface area contributed by atoms with E-state index in [1.165, 1.54) is 45.2 Å². The number of rotatable bonds is 5. The van der Waals surface area contributed by atoms with Crippen LogP contribution in [0.2, 0.25) is 0 Å². The normalized spacial score (nSPS) is 12.5. The van der Waals surface area contributed by atoms with Crippen LogP contribution < -0.4 is 0 Å². The summed E-state index contributed by atoms with van der Waals surface area (Å²) < 4.78 is 17.7. The molecule has 0 radical (unpaired) electrons. The lowest BCUT2D eigenvalue weighted by atomic mass is 10.1. The Morgan fingerprint density at radius 1 is 0.545 bits per heavy atom. The Bertz CT molecular complexity index is 511. The Labute approximate surface area is 153 Å². The molecule has 0 aliphatic carbocycles. The average Bonchev–Trinajstić information content (AvgIpc) is 2.55. The monoisotopic (exact) mass is 538 g/mol. The Morgan fingerprint density at radius 2 is 0.773 bits per heavy atom. The van der Waals surface area contributed by atoms with Gasteiger partial charge in [-0.15, -0.1) is 0 Å². The summed E-state index contributed by atoms with van der Waals surface area (Å²) in [5.74, 6) is -3.77. The molecule has 0 heterocycles. The number of methoxy groups -OCH3 is 4. The molecular weight excluding hydrogens is 526 g/mol. The number of hydrogen-bond acceptors (Lipinski definition) is 8. The zero-order valence-corrected chi connectivity index (χ0v) is 16.3. The molecule has 0 aliphatic heterocycles. The molecule has 0 N–H and O–H groups in total. The minimum absolute atomic E-state index is 0.245. The summed E-state index contributed by atoms with van der Waals surface area (Å²) >= 11 is 3.02. The second-order valence-electron chi connectivity index (χ2n) is 3.34. The van der Waals surface area contributed by atoms with Crippen molar-refractivity contribution < 1.29 is 38.1 Å². The maximum Gasteiger partial charge on any atom is 0.344 e. The fourth-order valence-corrected chi connectivity index (χ4v) is 2.61. The van der Waals surface area contributed by atoms with Gasteiger partial charge in [-0.3, -0.25) is 0 Å². The molecule has 0 aromatic rings. The van der Waals surface area contributed by atoms with E-state index in [0.29, 0.717) is 0 Å². The zero-order valence-electron chi connectivity index (χ0n) is 12.0. The van der Waals surface area contributed by atoms with Crippen LogP contribution in [0, 0.1) is 0 Å². The van der Waals surface area contributed by atoms with E-state index in [0.717, 1.165) is 28.4 Å². The molecule has 0 aromatic carbocycles. The van der Waals surface area contributed by atoms with Crippen molar-refractivity contribution in [1.29, 1.82) is 0 Å². The molecule has 10 heteroatoms. The zero-order chi connectivity index (χ0) is 17.4. The van der Waals surface area contributed by atoms with Crippen molar-refractivity contribution in [3.63, 3.8) is 0 Å². The quantitative estimate of drug-likeness (QED) is 0.168. The summed E-state index contributed by atoms with van der Waals surface area (Å²) in [4.78, 5) is 47.2. The standard InChI is InChI=1S/C12H12I2O8/c1-19-9(15)5(7(13)11(17)21-3)6(10(16)20-2)8(14)12(18)22-4/h1-4H3/b7-5+,8-6+. The molecule has 0 aliphatic rings. The minimum atomic E-state index is -1.01. The van der Waals surface area contributed by atoms with Crippen LogP contribution in [0.4, 0.5) is 0 Å². The van der Waals surface area contributed by atoms with E-state index in [1.807, 2.05) is 0 Å². The first-order valence-corrected chi connectivity index (χ1v) is 7.55. The Hall–Kier alpha value is -1.18. The molecule has 0 rings (SSSR count). The summed E-state index contributed by atoms with van der Waals surface area (Å²) in [5.41, 5.74) is -0.895. The van der Waals surface area contributed by atoms with E-state index in [9.17, 15) is 19.2 Å². The largest absolute Gasteiger partial charge is 0.465 e. The SMILES string of the molecule is COC(=O)/C(I)=C(C(=O)OC)/C(C(=O)OC)=C(\I)C(=O)OC. The molecule has 22 heavy (non-hydrogen) atoms. The molecule has 0 aromatic heterocycles. The van der Waals surface area contributed by atoms with Gasteiger partial charge in [-0.25, -0.2) is 19.2 Å². The summed E-state index contributed by atoms with van der Waals surface area (Å²) in [6.45, 7) is 0. The molecule has 0 unspecified atom stereocenters. The van der Waals surface area contributed by atoms with Crippen LogP contribution in [0.5, 0.6) is 0 Å². The molecule has 0 bridgehead atoms. The number of esters is 4. The van der Waals surface area contributed by atoms with Crippen LogP contribution in [-0.2, 0) is 38.1 Å². The Morgan fingerprint density at radius 3 is 0.955 bits per heavy atom. The molecule has 0 atom stereocenters. The van der Waals surface area contributed by atoms with Crippen LogP contribution >= 0.6 is 45.2 Å². The van der Waals surface area contributed by atoms with Gasteiger partial charge >= 0.3 is 23.9 Å². The van der Waals surface area contributed by atoms with Crippen molar-refractivity contribution in [2.75, 3.05) is 28.4 Å². The molecule has 8 nitrogen and oxygen atoms in total. The molecule has 0 fully saturated rings. The lowest BCUT2D eigenvalue weighted by Gasteiger charge is -2.12. The first-order chi connectivity index (χ1) is 10.3. The van der Waals surface area contributed by atoms with Gasteiger partial charge in [0.2, 0.25) is 0 Å². The van der Waals surface area contributed by atoms with Crippen molar-refractivity contribution in [1.82, 2.24) is 0 Å². The van der Waals surface area contributed by atoms with Crippen LogP contribution in [-0.4, -0.2) is 52.3 Å². The van der Waals surface area contributed by atoms with Crippen LogP contribution in [0.15, 0.2) is 18.3 Å². The number of carbonyl (C=O) groups is 4. The predicted molar refractivity (Wildman–Crippen MR) is 90.2 cm³/mol. The van der Waals surface area contributed by atoms with Crippen molar-refractivity contribution in [3.05, 3.63) is 18.3 Å². The summed E-state index contributed by atoms with van der Waals surface area (Å²) in [7, 11) is 4.32. The first kappa shape index (κ1) is 20.8. The van der Waals surface area contributed by atoms with Gasteiger partial charge in [-0.1, -0.05) is 0 Å². The number of halogens is 2. The fraction of sp³-hybridized carbons (Fsp3) is 0.333. The Kier molecular flexibility index (Phi) is 9.24. The van der Waals surface area contributed by atoms with Gasteiger partial charge in [0.25, 0.3) is 0 Å². The average molecular weight is 538 g/mol. The van der Waals surface area contributed by atoms with Crippen molar-refractivity contribution in [2.45, 2.75) is 0 Å². The lowest BCUT2D eigenvalue weighted by molar-refractivity contribution is -0.141. The third-order valence-electron chi connectivity index (χ3n) is 2.20. The maximum atomic E-state index is 12.0. The van der Waals surface area contributed by atoms with Crippen LogP contribution in [0.25, 0.3) is 0 Å². The molecule has 0 saturated carbocycles. The highest BCUT2D eigenvalue weighted by atomic mass is 127. The van der Waals surface area contributed by atoms with Crippen molar-refractivity contribution in [2.24, 2.45) is 0 Å². The molecular formula is C12H12I2O8. The fourth-order valence-electron chi connectivity index (χ4n) is 1.19. The smallest absolute Gasteiger partial charge is 0.344 e. The molecule has 122 valence electrons.